The molecule has 0 bridgehead atoms. The van der Waals surface area contributed by atoms with Crippen molar-refractivity contribution in [3.05, 3.63) is 82.5 Å². The van der Waals surface area contributed by atoms with Gasteiger partial charge in [-0.05, 0) is 37.3 Å². The molecule has 2 aromatic carbocycles. The van der Waals surface area contributed by atoms with E-state index in [2.05, 4.69) is 9.71 Å². The molecule has 0 amide bonds. The monoisotopic (exact) mass is 415 g/mol. The minimum absolute atomic E-state index is 0.00263. The Bertz CT molecular complexity index is 1130. The van der Waals surface area contributed by atoms with E-state index in [9.17, 15) is 8.42 Å². The lowest BCUT2D eigenvalue weighted by molar-refractivity contribution is 0.414. The van der Waals surface area contributed by atoms with Crippen molar-refractivity contribution in [2.24, 2.45) is 0 Å². The SMILES string of the molecule is COc1ccccc1C(=N)c1c(Cl)ccnc1NS(=O)(=O)c1ccc(C)cc1. The highest BCUT2D eigenvalue weighted by atomic mass is 35.5. The first-order valence-electron chi connectivity index (χ1n) is 8.30. The van der Waals surface area contributed by atoms with Crippen LogP contribution in [0.1, 0.15) is 16.7 Å². The summed E-state index contributed by atoms with van der Waals surface area (Å²) in [5.74, 6) is 0.448. The second-order valence-electron chi connectivity index (χ2n) is 6.01. The minimum Gasteiger partial charge on any atom is -0.496 e. The van der Waals surface area contributed by atoms with Gasteiger partial charge >= 0.3 is 0 Å². The highest BCUT2D eigenvalue weighted by molar-refractivity contribution is 7.92. The van der Waals surface area contributed by atoms with Crippen LogP contribution in [0.4, 0.5) is 5.82 Å². The van der Waals surface area contributed by atoms with Crippen molar-refractivity contribution in [3.63, 3.8) is 0 Å². The van der Waals surface area contributed by atoms with Crippen molar-refractivity contribution in [3.8, 4) is 5.75 Å². The maximum absolute atomic E-state index is 12.8. The standard InChI is InChI=1S/C20H18ClN3O3S/c1-13-7-9-14(10-8-13)28(25,26)24-20-18(16(21)11-12-23-20)19(22)15-5-3-4-6-17(15)27-2/h3-12,22H,1-2H3,(H,23,24). The fourth-order valence-corrected chi connectivity index (χ4v) is 3.90. The number of halogens is 1. The quantitative estimate of drug-likeness (QED) is 0.588. The van der Waals surface area contributed by atoms with Crippen LogP contribution in [0.5, 0.6) is 5.75 Å². The van der Waals surface area contributed by atoms with Crippen molar-refractivity contribution in [2.75, 3.05) is 11.8 Å². The molecule has 3 aromatic rings. The second kappa shape index (κ2) is 8.00. The van der Waals surface area contributed by atoms with E-state index in [1.807, 2.05) is 6.92 Å². The Balaban J connectivity index is 2.06. The third-order valence-corrected chi connectivity index (χ3v) is 5.76. The number of aromatic nitrogens is 1. The predicted octanol–water partition coefficient (Wildman–Crippen LogP) is 4.27. The summed E-state index contributed by atoms with van der Waals surface area (Å²) in [6, 6.07) is 14.9. The number of sulfonamides is 1. The van der Waals surface area contributed by atoms with Gasteiger partial charge in [-0.2, -0.15) is 0 Å². The van der Waals surface area contributed by atoms with Crippen molar-refractivity contribution in [2.45, 2.75) is 11.8 Å². The summed E-state index contributed by atoms with van der Waals surface area (Å²) in [5, 5.41) is 8.80. The summed E-state index contributed by atoms with van der Waals surface area (Å²) in [5.41, 5.74) is 1.58. The molecule has 144 valence electrons. The van der Waals surface area contributed by atoms with Crippen LogP contribution in [-0.2, 0) is 10.0 Å². The number of para-hydroxylation sites is 1. The van der Waals surface area contributed by atoms with Crippen molar-refractivity contribution < 1.29 is 13.2 Å². The Morgan fingerprint density at radius 2 is 1.79 bits per heavy atom. The van der Waals surface area contributed by atoms with E-state index >= 15 is 0 Å². The lowest BCUT2D eigenvalue weighted by atomic mass is 10.0. The van der Waals surface area contributed by atoms with Crippen LogP contribution in [-0.4, -0.2) is 26.2 Å². The Labute approximate surface area is 168 Å². The molecule has 8 heteroatoms. The van der Waals surface area contributed by atoms with Crippen LogP contribution in [0.15, 0.2) is 65.7 Å². The van der Waals surface area contributed by atoms with Crippen molar-refractivity contribution >= 4 is 33.2 Å². The fraction of sp³-hybridized carbons (Fsp3) is 0.100. The Hall–Kier alpha value is -2.90. The highest BCUT2D eigenvalue weighted by Gasteiger charge is 2.22. The summed E-state index contributed by atoms with van der Waals surface area (Å²) in [6.07, 6.45) is 1.38. The van der Waals surface area contributed by atoms with Crippen LogP contribution in [0.25, 0.3) is 0 Å². The normalized spacial score (nSPS) is 11.1. The molecule has 0 aliphatic carbocycles. The van der Waals surface area contributed by atoms with Crippen molar-refractivity contribution in [1.29, 1.82) is 5.41 Å². The van der Waals surface area contributed by atoms with E-state index in [4.69, 9.17) is 21.7 Å². The maximum atomic E-state index is 12.8. The van der Waals surface area contributed by atoms with E-state index in [0.717, 1.165) is 5.56 Å². The number of hydrogen-bond acceptors (Lipinski definition) is 5. The number of benzene rings is 2. The first-order valence-corrected chi connectivity index (χ1v) is 10.2. The summed E-state index contributed by atoms with van der Waals surface area (Å²) in [7, 11) is -2.40. The van der Waals surface area contributed by atoms with Gasteiger partial charge in [-0.1, -0.05) is 41.4 Å². The van der Waals surface area contributed by atoms with Gasteiger partial charge in [0.05, 0.1) is 28.3 Å². The smallest absolute Gasteiger partial charge is 0.263 e. The molecule has 6 nitrogen and oxygen atoms in total. The van der Waals surface area contributed by atoms with Crippen molar-refractivity contribution in [1.82, 2.24) is 4.98 Å². The average molecular weight is 416 g/mol. The Kier molecular flexibility index (Phi) is 5.67. The van der Waals surface area contributed by atoms with Crippen LogP contribution in [0, 0.1) is 12.3 Å². The van der Waals surface area contributed by atoms with Crippen LogP contribution < -0.4 is 9.46 Å². The van der Waals surface area contributed by atoms with Crippen LogP contribution in [0.2, 0.25) is 5.02 Å². The minimum atomic E-state index is -3.90. The number of aryl methyl sites for hydroxylation is 1. The number of rotatable bonds is 6. The molecule has 0 unspecified atom stereocenters. The molecule has 2 N–H and O–H groups in total. The molecule has 0 atom stereocenters. The van der Waals surface area contributed by atoms with E-state index in [0.29, 0.717) is 11.3 Å². The van der Waals surface area contributed by atoms with Gasteiger partial charge < -0.3 is 4.74 Å². The molecule has 0 saturated carbocycles. The predicted molar refractivity (Wildman–Crippen MR) is 110 cm³/mol. The lowest BCUT2D eigenvalue weighted by Crippen LogP contribution is -2.17. The molecule has 28 heavy (non-hydrogen) atoms. The summed E-state index contributed by atoms with van der Waals surface area (Å²) in [4.78, 5) is 4.21. The first-order chi connectivity index (χ1) is 13.3. The average Bonchev–Trinajstić information content (AvgIpc) is 2.67. The van der Waals surface area contributed by atoms with Gasteiger partial charge in [-0.3, -0.25) is 10.1 Å². The summed E-state index contributed by atoms with van der Waals surface area (Å²) >= 11 is 6.31. The molecule has 0 radical (unpaired) electrons. The van der Waals surface area contributed by atoms with Gasteiger partial charge in [0.2, 0.25) is 0 Å². The maximum Gasteiger partial charge on any atom is 0.263 e. The summed E-state index contributed by atoms with van der Waals surface area (Å²) < 4.78 is 33.3. The molecule has 0 aliphatic rings. The van der Waals surface area contributed by atoms with E-state index in [-0.39, 0.29) is 27.0 Å². The molecule has 3 rings (SSSR count). The fourth-order valence-electron chi connectivity index (χ4n) is 2.64. The Morgan fingerprint density at radius 3 is 2.46 bits per heavy atom. The third-order valence-electron chi connectivity index (χ3n) is 4.09. The van der Waals surface area contributed by atoms with Gasteiger partial charge in [0.25, 0.3) is 10.0 Å². The molecule has 0 spiro atoms. The van der Waals surface area contributed by atoms with E-state index in [1.165, 1.54) is 31.5 Å². The molecular weight excluding hydrogens is 398 g/mol. The highest BCUT2D eigenvalue weighted by Crippen LogP contribution is 2.30. The second-order valence-corrected chi connectivity index (χ2v) is 8.10. The molecular formula is C20H18ClN3O3S. The molecule has 1 heterocycles. The van der Waals surface area contributed by atoms with Gasteiger partial charge in [-0.15, -0.1) is 0 Å². The van der Waals surface area contributed by atoms with Gasteiger partial charge in [0.15, 0.2) is 5.82 Å². The number of ether oxygens (including phenoxy) is 1. The number of hydrogen-bond donors (Lipinski definition) is 2. The molecule has 0 aliphatic heterocycles. The number of anilines is 1. The van der Waals surface area contributed by atoms with Crippen LogP contribution in [0.3, 0.4) is 0 Å². The zero-order chi connectivity index (χ0) is 20.3. The topological polar surface area (TPSA) is 92.1 Å². The van der Waals surface area contributed by atoms with Gasteiger partial charge in [0, 0.05) is 11.8 Å². The molecule has 0 fully saturated rings. The van der Waals surface area contributed by atoms with Gasteiger partial charge in [0.1, 0.15) is 5.75 Å². The number of nitrogens with zero attached hydrogens (tertiary/aromatic N) is 1. The first kappa shape index (κ1) is 19.9. The zero-order valence-electron chi connectivity index (χ0n) is 15.2. The molecule has 1 aromatic heterocycles. The van der Waals surface area contributed by atoms with E-state index in [1.54, 1.807) is 36.4 Å². The summed E-state index contributed by atoms with van der Waals surface area (Å²) in [6.45, 7) is 1.87. The molecule has 0 saturated heterocycles. The van der Waals surface area contributed by atoms with Crippen LogP contribution >= 0.6 is 11.6 Å². The Morgan fingerprint density at radius 1 is 1.11 bits per heavy atom. The largest absolute Gasteiger partial charge is 0.496 e. The zero-order valence-corrected chi connectivity index (χ0v) is 16.8. The number of methoxy groups -OCH3 is 1. The van der Waals surface area contributed by atoms with Gasteiger partial charge in [-0.25, -0.2) is 13.4 Å². The van der Waals surface area contributed by atoms with E-state index < -0.39 is 10.0 Å². The number of nitrogens with one attached hydrogen (secondary N) is 2. The number of pyridine rings is 1. The third kappa shape index (κ3) is 4.00. The lowest BCUT2D eigenvalue weighted by Gasteiger charge is -2.15.